The lowest BCUT2D eigenvalue weighted by atomic mass is 9.60. The summed E-state index contributed by atoms with van der Waals surface area (Å²) in [5.41, 5.74) is -0.202. The van der Waals surface area contributed by atoms with Crippen molar-refractivity contribution in [2.24, 2.45) is 29.1 Å². The monoisotopic (exact) mass is 375 g/mol. The van der Waals surface area contributed by atoms with Gasteiger partial charge in [0.1, 0.15) is 0 Å². The van der Waals surface area contributed by atoms with E-state index in [1.54, 1.807) is 0 Å². The Morgan fingerprint density at radius 3 is 2.26 bits per heavy atom. The number of carboxylic acids is 1. The van der Waals surface area contributed by atoms with E-state index in [1.165, 1.54) is 64.2 Å². The van der Waals surface area contributed by atoms with Crippen LogP contribution < -0.4 is 0 Å². The van der Waals surface area contributed by atoms with E-state index in [-0.39, 0.29) is 11.8 Å². The number of unbranched alkanes of at least 4 members (excludes halogenated alkanes) is 2. The van der Waals surface area contributed by atoms with Crippen LogP contribution in [0.3, 0.4) is 0 Å². The number of carboxylic acid groups (broad SMARTS) is 1. The molecule has 0 aromatic rings. The Balaban J connectivity index is 1.75. The Morgan fingerprint density at radius 2 is 1.70 bits per heavy atom. The van der Waals surface area contributed by atoms with Crippen LogP contribution in [0.5, 0.6) is 0 Å². The zero-order valence-corrected chi connectivity index (χ0v) is 17.7. The minimum atomic E-state index is -0.720. The SMILES string of the molecule is CCCCCC1CCC(C2CCC(C#N)(C(C)CCCC(=O)O)CC2)CC1. The quantitative estimate of drug-likeness (QED) is 0.420. The molecule has 1 atom stereocenters. The van der Waals surface area contributed by atoms with E-state index in [4.69, 9.17) is 5.11 Å². The second kappa shape index (κ2) is 11.1. The smallest absolute Gasteiger partial charge is 0.303 e. The molecule has 2 fully saturated rings. The first kappa shape index (κ1) is 22.3. The lowest BCUT2D eigenvalue weighted by molar-refractivity contribution is -0.137. The Morgan fingerprint density at radius 1 is 1.07 bits per heavy atom. The molecule has 0 spiro atoms. The third-order valence-corrected chi connectivity index (χ3v) is 7.89. The van der Waals surface area contributed by atoms with Crippen LogP contribution in [0.1, 0.15) is 110 Å². The predicted molar refractivity (Wildman–Crippen MR) is 110 cm³/mol. The number of carbonyl (C=O) groups is 1. The highest BCUT2D eigenvalue weighted by Gasteiger charge is 2.41. The molecule has 0 heterocycles. The van der Waals surface area contributed by atoms with Gasteiger partial charge < -0.3 is 5.11 Å². The summed E-state index contributed by atoms with van der Waals surface area (Å²) in [5, 5.41) is 18.7. The molecule has 0 bridgehead atoms. The topological polar surface area (TPSA) is 61.1 Å². The van der Waals surface area contributed by atoms with Crippen LogP contribution in [0, 0.1) is 40.4 Å². The summed E-state index contributed by atoms with van der Waals surface area (Å²) in [7, 11) is 0. The maximum absolute atomic E-state index is 10.8. The minimum absolute atomic E-state index is 0.202. The average molecular weight is 376 g/mol. The van der Waals surface area contributed by atoms with Gasteiger partial charge in [-0.05, 0) is 75.0 Å². The average Bonchev–Trinajstić information content (AvgIpc) is 2.68. The van der Waals surface area contributed by atoms with Gasteiger partial charge in [-0.1, -0.05) is 52.4 Å². The van der Waals surface area contributed by atoms with Gasteiger partial charge in [0.05, 0.1) is 11.5 Å². The fraction of sp³-hybridized carbons (Fsp3) is 0.917. The highest BCUT2D eigenvalue weighted by Crippen LogP contribution is 2.49. The Hall–Kier alpha value is -1.04. The van der Waals surface area contributed by atoms with Gasteiger partial charge in [-0.25, -0.2) is 0 Å². The molecule has 0 aliphatic heterocycles. The number of rotatable bonds is 10. The molecular weight excluding hydrogens is 334 g/mol. The number of nitrogens with zero attached hydrogens (tertiary/aromatic N) is 1. The number of nitriles is 1. The Labute approximate surface area is 166 Å². The number of hydrogen-bond acceptors (Lipinski definition) is 2. The van der Waals surface area contributed by atoms with Crippen molar-refractivity contribution in [3.05, 3.63) is 0 Å². The molecule has 1 N–H and O–H groups in total. The van der Waals surface area contributed by atoms with Crippen LogP contribution >= 0.6 is 0 Å². The van der Waals surface area contributed by atoms with Gasteiger partial charge in [-0.2, -0.15) is 5.26 Å². The second-order valence-electron chi connectivity index (χ2n) is 9.57. The standard InChI is InChI=1S/C24H41NO2/c1-3-4-5-8-20-10-12-21(13-11-20)22-14-16-24(18-25,17-15-22)19(2)7-6-9-23(26)27/h19-22H,3-17H2,1-2H3,(H,26,27). The second-order valence-corrected chi connectivity index (χ2v) is 9.57. The number of hydrogen-bond donors (Lipinski definition) is 1. The predicted octanol–water partition coefficient (Wildman–Crippen LogP) is 6.96. The summed E-state index contributed by atoms with van der Waals surface area (Å²) in [6.07, 6.45) is 17.5. The van der Waals surface area contributed by atoms with Gasteiger partial charge >= 0.3 is 5.97 Å². The van der Waals surface area contributed by atoms with E-state index in [9.17, 15) is 10.1 Å². The summed E-state index contributed by atoms with van der Waals surface area (Å²) in [6.45, 7) is 4.46. The third kappa shape index (κ3) is 6.51. The third-order valence-electron chi connectivity index (χ3n) is 7.89. The van der Waals surface area contributed by atoms with Crippen LogP contribution in [-0.2, 0) is 4.79 Å². The first-order valence-electron chi connectivity index (χ1n) is 11.6. The zero-order valence-electron chi connectivity index (χ0n) is 17.7. The van der Waals surface area contributed by atoms with Crippen molar-refractivity contribution in [1.29, 1.82) is 5.26 Å². The molecule has 2 aliphatic carbocycles. The maximum atomic E-state index is 10.8. The van der Waals surface area contributed by atoms with Gasteiger partial charge in [0.25, 0.3) is 0 Å². The van der Waals surface area contributed by atoms with Gasteiger partial charge in [0.2, 0.25) is 0 Å². The maximum Gasteiger partial charge on any atom is 0.303 e. The van der Waals surface area contributed by atoms with E-state index in [1.807, 2.05) is 0 Å². The van der Waals surface area contributed by atoms with Crippen molar-refractivity contribution in [1.82, 2.24) is 0 Å². The van der Waals surface area contributed by atoms with E-state index in [0.29, 0.717) is 12.3 Å². The van der Waals surface area contributed by atoms with Crippen molar-refractivity contribution >= 4 is 5.97 Å². The molecule has 154 valence electrons. The number of aliphatic carboxylic acids is 1. The van der Waals surface area contributed by atoms with Gasteiger partial charge in [0, 0.05) is 6.42 Å². The molecule has 2 aliphatic rings. The van der Waals surface area contributed by atoms with Gasteiger partial charge in [0.15, 0.2) is 0 Å². The van der Waals surface area contributed by atoms with E-state index >= 15 is 0 Å². The zero-order chi connectivity index (χ0) is 19.7. The molecule has 1 unspecified atom stereocenters. The van der Waals surface area contributed by atoms with Crippen LogP contribution in [0.25, 0.3) is 0 Å². The summed E-state index contributed by atoms with van der Waals surface area (Å²) in [5.74, 6) is 2.30. The highest BCUT2D eigenvalue weighted by atomic mass is 16.4. The molecule has 2 saturated carbocycles. The molecule has 0 amide bonds. The summed E-state index contributed by atoms with van der Waals surface area (Å²) >= 11 is 0. The Kier molecular flexibility index (Phi) is 9.13. The van der Waals surface area contributed by atoms with E-state index in [2.05, 4.69) is 19.9 Å². The molecule has 2 rings (SSSR count). The van der Waals surface area contributed by atoms with E-state index < -0.39 is 5.97 Å². The molecule has 27 heavy (non-hydrogen) atoms. The van der Waals surface area contributed by atoms with Gasteiger partial charge in [-0.3, -0.25) is 4.79 Å². The highest BCUT2D eigenvalue weighted by molar-refractivity contribution is 5.66. The molecule has 0 radical (unpaired) electrons. The van der Waals surface area contributed by atoms with Crippen molar-refractivity contribution < 1.29 is 9.90 Å². The van der Waals surface area contributed by atoms with Crippen LogP contribution in [-0.4, -0.2) is 11.1 Å². The first-order valence-corrected chi connectivity index (χ1v) is 11.6. The fourth-order valence-electron chi connectivity index (χ4n) is 5.81. The molecule has 3 nitrogen and oxygen atoms in total. The molecule has 0 saturated heterocycles. The van der Waals surface area contributed by atoms with Crippen molar-refractivity contribution in [2.45, 2.75) is 110 Å². The van der Waals surface area contributed by atoms with Crippen molar-refractivity contribution in [3.8, 4) is 6.07 Å². The lowest BCUT2D eigenvalue weighted by Crippen LogP contribution is -2.35. The molecular formula is C24H41NO2. The first-order chi connectivity index (χ1) is 13.0. The lowest BCUT2D eigenvalue weighted by Gasteiger charge is -2.43. The summed E-state index contributed by atoms with van der Waals surface area (Å²) < 4.78 is 0. The molecule has 3 heteroatoms. The largest absolute Gasteiger partial charge is 0.481 e. The van der Waals surface area contributed by atoms with Crippen LogP contribution in [0.4, 0.5) is 0 Å². The summed E-state index contributed by atoms with van der Waals surface area (Å²) in [4.78, 5) is 10.8. The summed E-state index contributed by atoms with van der Waals surface area (Å²) in [6, 6.07) is 2.67. The van der Waals surface area contributed by atoms with Gasteiger partial charge in [-0.15, -0.1) is 0 Å². The van der Waals surface area contributed by atoms with Crippen LogP contribution in [0.2, 0.25) is 0 Å². The molecule has 0 aromatic carbocycles. The minimum Gasteiger partial charge on any atom is -0.481 e. The Bertz CT molecular complexity index is 479. The van der Waals surface area contributed by atoms with Crippen molar-refractivity contribution in [2.75, 3.05) is 0 Å². The van der Waals surface area contributed by atoms with E-state index in [0.717, 1.165) is 37.0 Å². The normalized spacial score (nSPS) is 32.6. The van der Waals surface area contributed by atoms with Crippen LogP contribution in [0.15, 0.2) is 0 Å². The molecule has 0 aromatic heterocycles. The fourth-order valence-corrected chi connectivity index (χ4v) is 5.81. The van der Waals surface area contributed by atoms with Crippen molar-refractivity contribution in [3.63, 3.8) is 0 Å².